The molecule has 23 heavy (non-hydrogen) atoms. The number of carbonyl (C=O) groups is 2. The first-order chi connectivity index (χ1) is 10.8. The van der Waals surface area contributed by atoms with Gasteiger partial charge >= 0.3 is 6.18 Å². The van der Waals surface area contributed by atoms with Crippen molar-refractivity contribution in [1.82, 2.24) is 15.5 Å². The lowest BCUT2D eigenvalue weighted by Crippen LogP contribution is -2.32. The van der Waals surface area contributed by atoms with Crippen molar-refractivity contribution < 1.29 is 27.5 Å². The highest BCUT2D eigenvalue weighted by Gasteiger charge is 2.35. The summed E-state index contributed by atoms with van der Waals surface area (Å²) in [5.41, 5.74) is 0. The van der Waals surface area contributed by atoms with Crippen LogP contribution in [0, 0.1) is 0 Å². The lowest BCUT2D eigenvalue weighted by molar-refractivity contribution is -0.138. The van der Waals surface area contributed by atoms with Crippen LogP contribution in [0.1, 0.15) is 30.7 Å². The fraction of sp³-hybridized carbons (Fsp3) is 0.667. The van der Waals surface area contributed by atoms with E-state index in [2.05, 4.69) is 20.8 Å². The third-order valence-electron chi connectivity index (χ3n) is 3.04. The predicted octanol–water partition coefficient (Wildman–Crippen LogP) is 1.57. The highest BCUT2D eigenvalue weighted by atomic mass is 32.1. The summed E-state index contributed by atoms with van der Waals surface area (Å²) in [5, 5.41) is 9.64. The van der Waals surface area contributed by atoms with Crippen molar-refractivity contribution in [3.05, 3.63) is 5.01 Å². The van der Waals surface area contributed by atoms with Crippen LogP contribution in [0.3, 0.4) is 0 Å². The molecular weight excluding hydrogens is 337 g/mol. The Bertz CT molecular complexity index is 558. The van der Waals surface area contributed by atoms with E-state index < -0.39 is 17.1 Å². The van der Waals surface area contributed by atoms with Gasteiger partial charge < -0.3 is 15.4 Å². The molecule has 7 nitrogen and oxygen atoms in total. The minimum atomic E-state index is -4.59. The molecule has 0 spiro atoms. The second kappa shape index (κ2) is 7.68. The van der Waals surface area contributed by atoms with Gasteiger partial charge in [0.15, 0.2) is 0 Å². The van der Waals surface area contributed by atoms with Crippen LogP contribution in [0.5, 0.6) is 0 Å². The highest BCUT2D eigenvalue weighted by Crippen LogP contribution is 2.32. The Hall–Kier alpha value is -1.75. The molecule has 1 aromatic heterocycles. The summed E-state index contributed by atoms with van der Waals surface area (Å²) in [7, 11) is 0. The summed E-state index contributed by atoms with van der Waals surface area (Å²) < 4.78 is 42.4. The smallest absolute Gasteiger partial charge is 0.376 e. The maximum atomic E-state index is 12.3. The average molecular weight is 352 g/mol. The molecule has 1 unspecified atom stereocenters. The number of hydrogen-bond acceptors (Lipinski definition) is 6. The van der Waals surface area contributed by atoms with E-state index in [-0.39, 0.29) is 41.3 Å². The molecule has 0 aliphatic carbocycles. The second-order valence-corrected chi connectivity index (χ2v) is 5.87. The molecule has 0 saturated carbocycles. The van der Waals surface area contributed by atoms with E-state index in [9.17, 15) is 22.8 Å². The van der Waals surface area contributed by atoms with Gasteiger partial charge in [0.2, 0.25) is 22.0 Å². The number of nitrogens with zero attached hydrogens (tertiary/aromatic N) is 2. The number of amides is 2. The number of carbonyl (C=O) groups excluding carboxylic acids is 2. The van der Waals surface area contributed by atoms with Crippen molar-refractivity contribution in [2.24, 2.45) is 0 Å². The maximum Gasteiger partial charge on any atom is 0.445 e. The fourth-order valence-corrected chi connectivity index (χ4v) is 2.55. The quantitative estimate of drug-likeness (QED) is 0.811. The molecule has 11 heteroatoms. The van der Waals surface area contributed by atoms with Gasteiger partial charge in [-0.15, -0.1) is 10.2 Å². The average Bonchev–Trinajstić information content (AvgIpc) is 3.13. The van der Waals surface area contributed by atoms with Crippen LogP contribution >= 0.6 is 11.3 Å². The number of ether oxygens (including phenoxy) is 1. The number of anilines is 1. The molecule has 1 aliphatic rings. The topological polar surface area (TPSA) is 93.2 Å². The largest absolute Gasteiger partial charge is 0.445 e. The van der Waals surface area contributed by atoms with Crippen molar-refractivity contribution in [3.63, 3.8) is 0 Å². The van der Waals surface area contributed by atoms with Crippen LogP contribution < -0.4 is 10.6 Å². The first kappa shape index (κ1) is 17.6. The molecule has 0 bridgehead atoms. The van der Waals surface area contributed by atoms with E-state index in [4.69, 9.17) is 4.74 Å². The SMILES string of the molecule is O=C(CCC(=O)Nc1nnc(C(F)(F)F)s1)NCC1CCCO1. The third kappa shape index (κ3) is 5.75. The number of nitrogens with one attached hydrogen (secondary N) is 2. The zero-order chi connectivity index (χ0) is 16.9. The summed E-state index contributed by atoms with van der Waals surface area (Å²) in [6, 6.07) is 0. The zero-order valence-electron chi connectivity index (χ0n) is 12.0. The highest BCUT2D eigenvalue weighted by molar-refractivity contribution is 7.15. The first-order valence-corrected chi connectivity index (χ1v) is 7.75. The molecule has 2 N–H and O–H groups in total. The molecule has 1 atom stereocenters. The Kier molecular flexibility index (Phi) is 5.88. The van der Waals surface area contributed by atoms with E-state index in [0.717, 1.165) is 12.8 Å². The summed E-state index contributed by atoms with van der Waals surface area (Å²) in [5.74, 6) is -0.911. The number of halogens is 3. The van der Waals surface area contributed by atoms with Gasteiger partial charge in [-0.05, 0) is 12.8 Å². The van der Waals surface area contributed by atoms with Crippen molar-refractivity contribution >= 4 is 28.3 Å². The Labute approximate surface area is 133 Å². The van der Waals surface area contributed by atoms with Crippen LogP contribution in [0.25, 0.3) is 0 Å². The number of alkyl halides is 3. The van der Waals surface area contributed by atoms with Gasteiger partial charge in [0.25, 0.3) is 0 Å². The first-order valence-electron chi connectivity index (χ1n) is 6.93. The van der Waals surface area contributed by atoms with E-state index in [0.29, 0.717) is 13.2 Å². The van der Waals surface area contributed by atoms with Crippen molar-refractivity contribution in [1.29, 1.82) is 0 Å². The van der Waals surface area contributed by atoms with Gasteiger partial charge in [-0.2, -0.15) is 13.2 Å². The van der Waals surface area contributed by atoms with Gasteiger partial charge in [-0.3, -0.25) is 9.59 Å². The summed E-state index contributed by atoms with van der Waals surface area (Å²) in [6.45, 7) is 1.08. The normalized spacial score (nSPS) is 18.0. The Morgan fingerprint density at radius 3 is 2.61 bits per heavy atom. The standard InChI is InChI=1S/C12H15F3N4O3S/c13-12(14,15)10-18-19-11(23-10)17-9(21)4-3-8(20)16-6-7-2-1-5-22-7/h7H,1-6H2,(H,16,20)(H,17,19,21). The minimum absolute atomic E-state index is 0.00922. The molecule has 1 saturated heterocycles. The zero-order valence-corrected chi connectivity index (χ0v) is 12.8. The van der Waals surface area contributed by atoms with Gasteiger partial charge in [0.1, 0.15) is 0 Å². The van der Waals surface area contributed by atoms with Gasteiger partial charge in [0, 0.05) is 26.0 Å². The van der Waals surface area contributed by atoms with Crippen LogP contribution in [-0.2, 0) is 20.5 Å². The van der Waals surface area contributed by atoms with Crippen molar-refractivity contribution in [2.75, 3.05) is 18.5 Å². The lowest BCUT2D eigenvalue weighted by Gasteiger charge is -2.10. The van der Waals surface area contributed by atoms with Crippen LogP contribution in [0.4, 0.5) is 18.3 Å². The number of aromatic nitrogens is 2. The molecule has 2 amide bonds. The molecule has 2 heterocycles. The number of rotatable bonds is 6. The Balaban J connectivity index is 1.68. The van der Waals surface area contributed by atoms with Crippen molar-refractivity contribution in [2.45, 2.75) is 38.0 Å². The molecular formula is C12H15F3N4O3S. The van der Waals surface area contributed by atoms with E-state index in [1.807, 2.05) is 0 Å². The van der Waals surface area contributed by atoms with Gasteiger partial charge in [-0.25, -0.2) is 0 Å². The van der Waals surface area contributed by atoms with Crippen LogP contribution in [0.15, 0.2) is 0 Å². The monoisotopic (exact) mass is 352 g/mol. The van der Waals surface area contributed by atoms with E-state index >= 15 is 0 Å². The molecule has 0 aromatic carbocycles. The second-order valence-electron chi connectivity index (χ2n) is 4.90. The predicted molar refractivity (Wildman–Crippen MR) is 74.8 cm³/mol. The van der Waals surface area contributed by atoms with E-state index in [1.54, 1.807) is 0 Å². The molecule has 1 aromatic rings. The third-order valence-corrected chi connectivity index (χ3v) is 3.93. The van der Waals surface area contributed by atoms with Crippen LogP contribution in [0.2, 0.25) is 0 Å². The Morgan fingerprint density at radius 2 is 2.00 bits per heavy atom. The summed E-state index contributed by atoms with van der Waals surface area (Å²) in [4.78, 5) is 23.1. The lowest BCUT2D eigenvalue weighted by atomic mass is 10.2. The molecule has 128 valence electrons. The molecule has 1 aliphatic heterocycles. The maximum absolute atomic E-state index is 12.3. The molecule has 1 fully saturated rings. The Morgan fingerprint density at radius 1 is 1.26 bits per heavy atom. The van der Waals surface area contributed by atoms with Crippen LogP contribution in [-0.4, -0.2) is 41.3 Å². The minimum Gasteiger partial charge on any atom is -0.376 e. The number of hydrogen-bond donors (Lipinski definition) is 2. The molecule has 2 rings (SSSR count). The van der Waals surface area contributed by atoms with Gasteiger partial charge in [0.05, 0.1) is 6.10 Å². The molecule has 0 radical (unpaired) electrons. The summed E-state index contributed by atoms with van der Waals surface area (Å²) >= 11 is 0.233. The summed E-state index contributed by atoms with van der Waals surface area (Å²) in [6.07, 6.45) is -2.95. The fourth-order valence-electron chi connectivity index (χ4n) is 1.92. The van der Waals surface area contributed by atoms with Gasteiger partial charge in [-0.1, -0.05) is 11.3 Å². The van der Waals surface area contributed by atoms with E-state index in [1.165, 1.54) is 0 Å². The van der Waals surface area contributed by atoms with Crippen molar-refractivity contribution in [3.8, 4) is 0 Å².